The van der Waals surface area contributed by atoms with Crippen LogP contribution in [0.5, 0.6) is 0 Å². The fourth-order valence-electron chi connectivity index (χ4n) is 5.95. The average Bonchev–Trinajstić information content (AvgIpc) is 3.46. The number of benzene rings is 2. The molecule has 0 bridgehead atoms. The van der Waals surface area contributed by atoms with Gasteiger partial charge in [0.05, 0.1) is 0 Å². The maximum Gasteiger partial charge on any atom is 0.245 e. The molecule has 14 heteroatoms. The predicted molar refractivity (Wildman–Crippen MR) is 198 cm³/mol. The Morgan fingerprint density at radius 1 is 0.843 bits per heavy atom. The zero-order chi connectivity index (χ0) is 37.3. The first-order chi connectivity index (χ1) is 24.4. The van der Waals surface area contributed by atoms with Gasteiger partial charge in [0.15, 0.2) is 0 Å². The molecule has 3 rings (SSSR count). The van der Waals surface area contributed by atoms with Gasteiger partial charge in [-0.15, -0.1) is 0 Å². The second kappa shape index (κ2) is 21.1. The van der Waals surface area contributed by atoms with Crippen molar-refractivity contribution < 1.29 is 28.8 Å². The Labute approximate surface area is 304 Å². The number of nitrogens with zero attached hydrogens (tertiary/aromatic N) is 1. The van der Waals surface area contributed by atoms with Gasteiger partial charge >= 0.3 is 0 Å². The Kier molecular flexibility index (Phi) is 16.9. The van der Waals surface area contributed by atoms with Crippen LogP contribution in [0.1, 0.15) is 57.1 Å². The number of thioether (sulfide) groups is 1. The Balaban J connectivity index is 1.79. The van der Waals surface area contributed by atoms with E-state index in [1.807, 2.05) is 80.8 Å². The van der Waals surface area contributed by atoms with E-state index in [1.165, 1.54) is 16.7 Å². The zero-order valence-electron chi connectivity index (χ0n) is 29.8. The van der Waals surface area contributed by atoms with Crippen molar-refractivity contribution in [2.24, 2.45) is 17.4 Å². The lowest BCUT2D eigenvalue weighted by atomic mass is 10.0. The van der Waals surface area contributed by atoms with Gasteiger partial charge in [-0.25, -0.2) is 0 Å². The third kappa shape index (κ3) is 13.3. The lowest BCUT2D eigenvalue weighted by molar-refractivity contribution is -0.141. The number of hydrogen-bond donors (Lipinski definition) is 6. The summed E-state index contributed by atoms with van der Waals surface area (Å²) in [5.41, 5.74) is 12.7. The molecule has 0 radical (unpaired) electrons. The normalized spacial score (nSPS) is 16.5. The van der Waals surface area contributed by atoms with E-state index in [0.717, 1.165) is 11.1 Å². The van der Waals surface area contributed by atoms with Crippen molar-refractivity contribution in [3.8, 4) is 0 Å². The molecular weight excluding hydrogens is 671 g/mol. The van der Waals surface area contributed by atoms with Gasteiger partial charge in [-0.05, 0) is 61.3 Å². The number of likely N-dealkylation sites (tertiary alicyclic amines) is 1. The summed E-state index contributed by atoms with van der Waals surface area (Å²) in [4.78, 5) is 81.2. The van der Waals surface area contributed by atoms with Gasteiger partial charge in [-0.1, -0.05) is 74.5 Å². The topological polar surface area (TPSA) is 206 Å². The molecule has 1 aliphatic heterocycles. The summed E-state index contributed by atoms with van der Waals surface area (Å²) < 4.78 is 0. The first-order valence-corrected chi connectivity index (χ1v) is 18.9. The number of amides is 6. The molecule has 8 N–H and O–H groups in total. The molecule has 51 heavy (non-hydrogen) atoms. The van der Waals surface area contributed by atoms with Crippen molar-refractivity contribution in [1.29, 1.82) is 0 Å². The highest BCUT2D eigenvalue weighted by Gasteiger charge is 2.41. The summed E-state index contributed by atoms with van der Waals surface area (Å²) in [7, 11) is 0. The molecule has 0 spiro atoms. The molecule has 0 saturated carbocycles. The van der Waals surface area contributed by atoms with Gasteiger partial charge < -0.3 is 37.6 Å². The van der Waals surface area contributed by atoms with Crippen LogP contribution in [0.2, 0.25) is 0 Å². The average molecular weight is 724 g/mol. The molecule has 0 aliphatic carbocycles. The van der Waals surface area contributed by atoms with Crippen molar-refractivity contribution in [2.45, 2.75) is 89.0 Å². The van der Waals surface area contributed by atoms with Gasteiger partial charge in [-0.3, -0.25) is 28.8 Å². The van der Waals surface area contributed by atoms with Crippen molar-refractivity contribution in [3.63, 3.8) is 0 Å². The first kappa shape index (κ1) is 41.0. The Morgan fingerprint density at radius 3 is 1.94 bits per heavy atom. The minimum Gasteiger partial charge on any atom is -0.368 e. The maximum absolute atomic E-state index is 13.9. The smallest absolute Gasteiger partial charge is 0.245 e. The SMILES string of the molecule is CSCC[C@H](NC(=O)[C@H](CC(C)C)N1CCC(NC(=O)[C@H](Cc2ccccc2)NC(=O)[C@H](Cc2ccccc2)NC(=O)CCCN)C1=O)C(N)=O. The highest BCUT2D eigenvalue weighted by Crippen LogP contribution is 2.21. The molecule has 2 aromatic carbocycles. The minimum atomic E-state index is -1.08. The lowest BCUT2D eigenvalue weighted by Crippen LogP contribution is -2.57. The molecule has 1 fully saturated rings. The third-order valence-corrected chi connectivity index (χ3v) is 9.30. The van der Waals surface area contributed by atoms with E-state index < -0.39 is 59.7 Å². The van der Waals surface area contributed by atoms with Crippen LogP contribution in [0.25, 0.3) is 0 Å². The Bertz CT molecular complexity index is 1460. The largest absolute Gasteiger partial charge is 0.368 e. The number of nitrogens with one attached hydrogen (secondary N) is 4. The van der Waals surface area contributed by atoms with Crippen LogP contribution < -0.4 is 32.7 Å². The maximum atomic E-state index is 13.9. The highest BCUT2D eigenvalue weighted by atomic mass is 32.2. The van der Waals surface area contributed by atoms with Crippen molar-refractivity contribution >= 4 is 47.2 Å². The lowest BCUT2D eigenvalue weighted by Gasteiger charge is -2.30. The van der Waals surface area contributed by atoms with E-state index in [9.17, 15) is 28.8 Å². The predicted octanol–water partition coefficient (Wildman–Crippen LogP) is 1.04. The second-order valence-corrected chi connectivity index (χ2v) is 14.2. The monoisotopic (exact) mass is 723 g/mol. The molecule has 1 aliphatic rings. The molecular formula is C37H53N7O6S. The van der Waals surface area contributed by atoms with Gasteiger partial charge in [0.1, 0.15) is 30.2 Å². The van der Waals surface area contributed by atoms with E-state index in [2.05, 4.69) is 21.3 Å². The fraction of sp³-hybridized carbons (Fsp3) is 0.514. The molecule has 278 valence electrons. The fourth-order valence-corrected chi connectivity index (χ4v) is 6.42. The molecule has 5 atom stereocenters. The van der Waals surface area contributed by atoms with E-state index in [0.29, 0.717) is 31.6 Å². The summed E-state index contributed by atoms with van der Waals surface area (Å²) in [6.45, 7) is 4.41. The van der Waals surface area contributed by atoms with E-state index in [1.54, 1.807) is 0 Å². The standard InChI is InChI=1S/C37H53N7O6S/c1-24(2)21-31(36(49)41-27(33(39)46)17-20-51-3)44-19-16-28(37(44)50)42-35(48)30(23-26-13-8-5-9-14-26)43-34(47)29(40-32(45)15-10-18-38)22-25-11-6-4-7-12-25/h4-9,11-14,24,27-31H,10,15-23,38H2,1-3H3,(H2,39,46)(H,40,45)(H,41,49)(H,42,48)(H,43,47)/t27-,28?,29-,30-,31-/m0/s1. The van der Waals surface area contributed by atoms with Crippen LogP contribution in [0.3, 0.4) is 0 Å². The number of hydrogen-bond acceptors (Lipinski definition) is 8. The van der Waals surface area contributed by atoms with Crippen LogP contribution in [0, 0.1) is 5.92 Å². The Hall–Kier alpha value is -4.43. The number of rotatable bonds is 21. The molecule has 13 nitrogen and oxygen atoms in total. The van der Waals surface area contributed by atoms with Gasteiger partial charge in [-0.2, -0.15) is 11.8 Å². The van der Waals surface area contributed by atoms with Crippen LogP contribution in [-0.2, 0) is 41.6 Å². The highest BCUT2D eigenvalue weighted by molar-refractivity contribution is 7.98. The zero-order valence-corrected chi connectivity index (χ0v) is 30.6. The van der Waals surface area contributed by atoms with Gasteiger partial charge in [0.2, 0.25) is 35.4 Å². The van der Waals surface area contributed by atoms with Crippen molar-refractivity contribution in [1.82, 2.24) is 26.2 Å². The van der Waals surface area contributed by atoms with Crippen LogP contribution in [0.4, 0.5) is 0 Å². The second-order valence-electron chi connectivity index (χ2n) is 13.2. The van der Waals surface area contributed by atoms with Crippen molar-refractivity contribution in [3.05, 3.63) is 71.8 Å². The summed E-state index contributed by atoms with van der Waals surface area (Å²) in [6.07, 6.45) is 3.79. The summed E-state index contributed by atoms with van der Waals surface area (Å²) in [5, 5.41) is 11.2. The summed E-state index contributed by atoms with van der Waals surface area (Å²) in [5.74, 6) is -2.33. The third-order valence-electron chi connectivity index (χ3n) is 8.66. The number of carbonyl (C=O) groups is 6. The minimum absolute atomic E-state index is 0.0468. The molecule has 2 aromatic rings. The number of nitrogens with two attached hydrogens (primary N) is 2. The summed E-state index contributed by atoms with van der Waals surface area (Å²) in [6, 6.07) is 13.7. The van der Waals surface area contributed by atoms with Gasteiger partial charge in [0.25, 0.3) is 0 Å². The summed E-state index contributed by atoms with van der Waals surface area (Å²) >= 11 is 1.53. The number of primary amides is 1. The molecule has 1 heterocycles. The molecule has 6 amide bonds. The quantitative estimate of drug-likeness (QED) is 0.110. The van der Waals surface area contributed by atoms with Crippen LogP contribution in [-0.4, -0.2) is 95.7 Å². The van der Waals surface area contributed by atoms with E-state index in [-0.39, 0.29) is 44.1 Å². The van der Waals surface area contributed by atoms with Crippen LogP contribution >= 0.6 is 11.8 Å². The number of carbonyl (C=O) groups excluding carboxylic acids is 6. The van der Waals surface area contributed by atoms with Crippen LogP contribution in [0.15, 0.2) is 60.7 Å². The Morgan fingerprint density at radius 2 is 1.41 bits per heavy atom. The van der Waals surface area contributed by atoms with E-state index >= 15 is 0 Å². The van der Waals surface area contributed by atoms with Crippen molar-refractivity contribution in [2.75, 3.05) is 25.1 Å². The van der Waals surface area contributed by atoms with Gasteiger partial charge in [0, 0.05) is 25.8 Å². The molecule has 1 unspecified atom stereocenters. The molecule has 0 aromatic heterocycles. The van der Waals surface area contributed by atoms with E-state index in [4.69, 9.17) is 11.5 Å². The molecule has 1 saturated heterocycles. The first-order valence-electron chi connectivity index (χ1n) is 17.5.